The van der Waals surface area contributed by atoms with Crippen LogP contribution in [0.15, 0.2) is 29.2 Å². The minimum absolute atomic E-state index is 0.202. The summed E-state index contributed by atoms with van der Waals surface area (Å²) >= 11 is 1.93. The lowest BCUT2D eigenvalue weighted by Crippen LogP contribution is -2.38. The maximum Gasteiger partial charge on any atom is 0.251 e. The van der Waals surface area contributed by atoms with Gasteiger partial charge in [0.1, 0.15) is 0 Å². The second kappa shape index (κ2) is 9.43. The number of carbonyl (C=O) groups is 1. The van der Waals surface area contributed by atoms with Crippen LogP contribution in [0.25, 0.3) is 0 Å². The number of nitrogens with one attached hydrogen (secondary N) is 1. The molecule has 1 N–H and O–H groups in total. The van der Waals surface area contributed by atoms with Crippen molar-refractivity contribution in [2.75, 3.05) is 25.4 Å². The summed E-state index contributed by atoms with van der Waals surface area (Å²) in [5, 5.41) is 3.66. The molecule has 3 rings (SSSR count). The predicted octanol–water partition coefficient (Wildman–Crippen LogP) is 3.51. The van der Waals surface area contributed by atoms with Gasteiger partial charge in [0.25, 0.3) is 5.91 Å². The number of carbonyl (C=O) groups excluding carboxylic acids is 1. The van der Waals surface area contributed by atoms with Gasteiger partial charge in [-0.3, -0.25) is 4.79 Å². The smallest absolute Gasteiger partial charge is 0.251 e. The van der Waals surface area contributed by atoms with Crippen LogP contribution in [-0.4, -0.2) is 49.3 Å². The molecule has 1 saturated heterocycles. The van der Waals surface area contributed by atoms with Gasteiger partial charge in [-0.05, 0) is 49.8 Å². The van der Waals surface area contributed by atoms with E-state index in [-0.39, 0.29) is 10.8 Å². The molecule has 1 saturated carbocycles. The van der Waals surface area contributed by atoms with Crippen LogP contribution in [0.2, 0.25) is 0 Å². The Morgan fingerprint density at radius 2 is 1.89 bits per heavy atom. The molecule has 0 radical (unpaired) electrons. The van der Waals surface area contributed by atoms with E-state index in [1.54, 1.807) is 22.5 Å². The Kier molecular flexibility index (Phi) is 7.22. The van der Waals surface area contributed by atoms with Gasteiger partial charge in [-0.25, -0.2) is 8.42 Å². The van der Waals surface area contributed by atoms with Crippen molar-refractivity contribution < 1.29 is 13.2 Å². The maximum atomic E-state index is 12.9. The number of benzene rings is 1. The van der Waals surface area contributed by atoms with E-state index in [2.05, 4.69) is 12.2 Å². The molecule has 150 valence electrons. The zero-order valence-electron chi connectivity index (χ0n) is 16.0. The van der Waals surface area contributed by atoms with E-state index in [1.165, 1.54) is 31.7 Å². The van der Waals surface area contributed by atoms with Crippen LogP contribution < -0.4 is 5.32 Å². The Hall–Kier alpha value is -1.05. The molecule has 1 aromatic rings. The summed E-state index contributed by atoms with van der Waals surface area (Å²) in [5.74, 6) is 1.27. The highest BCUT2D eigenvalue weighted by Gasteiger charge is 2.28. The molecule has 7 heteroatoms. The van der Waals surface area contributed by atoms with Crippen molar-refractivity contribution in [3.63, 3.8) is 0 Å². The molecule has 5 nitrogen and oxygen atoms in total. The number of nitrogens with zero attached hydrogens (tertiary/aromatic N) is 1. The van der Waals surface area contributed by atoms with Crippen LogP contribution in [0, 0.1) is 5.92 Å². The zero-order chi connectivity index (χ0) is 19.3. The van der Waals surface area contributed by atoms with Crippen molar-refractivity contribution in [2.45, 2.75) is 55.6 Å². The lowest BCUT2D eigenvalue weighted by atomic mass is 10.0. The van der Waals surface area contributed by atoms with E-state index in [9.17, 15) is 13.2 Å². The van der Waals surface area contributed by atoms with Crippen LogP contribution in [0.4, 0.5) is 0 Å². The molecule has 2 fully saturated rings. The van der Waals surface area contributed by atoms with Gasteiger partial charge in [0.15, 0.2) is 0 Å². The standard InChI is InChI=1S/C20H30N2O3S2/c1-16-9-12-22(13-10-16)27(24,25)19-8-4-5-17(15-19)20(23)21-11-14-26-18-6-2-3-7-18/h4-5,8,15-16,18H,2-3,6-7,9-14H2,1H3,(H,21,23). The molecule has 1 amide bonds. The molecule has 2 aliphatic rings. The van der Waals surface area contributed by atoms with E-state index >= 15 is 0 Å². The van der Waals surface area contributed by atoms with Gasteiger partial charge < -0.3 is 5.32 Å². The molecule has 0 atom stereocenters. The molecule has 27 heavy (non-hydrogen) atoms. The Labute approximate surface area is 167 Å². The minimum Gasteiger partial charge on any atom is -0.351 e. The third-order valence-corrected chi connectivity index (χ3v) is 8.80. The molecule has 0 spiro atoms. The fourth-order valence-electron chi connectivity index (χ4n) is 3.72. The van der Waals surface area contributed by atoms with E-state index in [4.69, 9.17) is 0 Å². The van der Waals surface area contributed by atoms with Crippen molar-refractivity contribution in [3.8, 4) is 0 Å². The summed E-state index contributed by atoms with van der Waals surface area (Å²) in [6, 6.07) is 6.42. The summed E-state index contributed by atoms with van der Waals surface area (Å²) < 4.78 is 27.3. The maximum absolute atomic E-state index is 12.9. The summed E-state index contributed by atoms with van der Waals surface area (Å²) in [5.41, 5.74) is 0.410. The van der Waals surface area contributed by atoms with Crippen LogP contribution >= 0.6 is 11.8 Å². The first-order valence-corrected chi connectivity index (χ1v) is 12.5. The summed E-state index contributed by atoms with van der Waals surface area (Å²) in [4.78, 5) is 12.6. The molecular formula is C20H30N2O3S2. The largest absolute Gasteiger partial charge is 0.351 e. The Morgan fingerprint density at radius 3 is 2.59 bits per heavy atom. The summed E-state index contributed by atoms with van der Waals surface area (Å²) in [7, 11) is -3.53. The minimum atomic E-state index is -3.53. The first-order valence-electron chi connectivity index (χ1n) is 9.97. The van der Waals surface area contributed by atoms with E-state index in [0.717, 1.165) is 23.8 Å². The fourth-order valence-corrected chi connectivity index (χ4v) is 6.46. The predicted molar refractivity (Wildman–Crippen MR) is 111 cm³/mol. The first kappa shape index (κ1) is 20.7. The van der Waals surface area contributed by atoms with Crippen LogP contribution in [-0.2, 0) is 10.0 Å². The van der Waals surface area contributed by atoms with E-state index in [0.29, 0.717) is 31.1 Å². The number of thioether (sulfide) groups is 1. The Balaban J connectivity index is 1.56. The number of sulfonamides is 1. The van der Waals surface area contributed by atoms with Gasteiger partial charge in [-0.1, -0.05) is 25.8 Å². The van der Waals surface area contributed by atoms with Gasteiger partial charge in [-0.2, -0.15) is 16.1 Å². The molecule has 0 unspecified atom stereocenters. The zero-order valence-corrected chi connectivity index (χ0v) is 17.7. The summed E-state index contributed by atoms with van der Waals surface area (Å²) in [6.45, 7) is 3.87. The third kappa shape index (κ3) is 5.48. The van der Waals surface area contributed by atoms with Crippen LogP contribution in [0.1, 0.15) is 55.8 Å². The van der Waals surface area contributed by atoms with Gasteiger partial charge in [0.05, 0.1) is 4.90 Å². The molecule has 1 aliphatic carbocycles. The molecule has 0 aromatic heterocycles. The highest BCUT2D eigenvalue weighted by atomic mass is 32.2. The van der Waals surface area contributed by atoms with Crippen molar-refractivity contribution in [2.24, 2.45) is 5.92 Å². The van der Waals surface area contributed by atoms with Gasteiger partial charge in [0, 0.05) is 36.2 Å². The Bertz CT molecular complexity index is 737. The number of amides is 1. The molecule has 1 aromatic carbocycles. The van der Waals surface area contributed by atoms with Crippen molar-refractivity contribution in [3.05, 3.63) is 29.8 Å². The average Bonchev–Trinajstić information content (AvgIpc) is 3.19. The molecular weight excluding hydrogens is 380 g/mol. The number of piperidine rings is 1. The van der Waals surface area contributed by atoms with Crippen LogP contribution in [0.3, 0.4) is 0 Å². The number of hydrogen-bond donors (Lipinski definition) is 1. The highest BCUT2D eigenvalue weighted by molar-refractivity contribution is 7.99. The second-order valence-electron chi connectivity index (χ2n) is 7.65. The lowest BCUT2D eigenvalue weighted by molar-refractivity contribution is 0.0956. The van der Waals surface area contributed by atoms with Crippen LogP contribution in [0.5, 0.6) is 0 Å². The summed E-state index contributed by atoms with van der Waals surface area (Å²) in [6.07, 6.45) is 6.99. The SMILES string of the molecule is CC1CCN(S(=O)(=O)c2cccc(C(=O)NCCSC3CCCC3)c2)CC1. The fraction of sp³-hybridized carbons (Fsp3) is 0.650. The highest BCUT2D eigenvalue weighted by Crippen LogP contribution is 2.29. The van der Waals surface area contributed by atoms with Crippen molar-refractivity contribution in [1.82, 2.24) is 9.62 Å². The monoisotopic (exact) mass is 410 g/mol. The lowest BCUT2D eigenvalue weighted by Gasteiger charge is -2.29. The van der Waals surface area contributed by atoms with Gasteiger partial charge >= 0.3 is 0 Å². The van der Waals surface area contributed by atoms with Crippen molar-refractivity contribution in [1.29, 1.82) is 0 Å². The normalized spacial score (nSPS) is 20.0. The third-order valence-electron chi connectivity index (χ3n) is 5.52. The molecule has 0 bridgehead atoms. The Morgan fingerprint density at radius 1 is 1.19 bits per heavy atom. The number of hydrogen-bond acceptors (Lipinski definition) is 4. The average molecular weight is 411 g/mol. The second-order valence-corrected chi connectivity index (χ2v) is 11.0. The molecule has 1 aliphatic heterocycles. The van der Waals surface area contributed by atoms with Gasteiger partial charge in [-0.15, -0.1) is 0 Å². The number of rotatable bonds is 7. The quantitative estimate of drug-likeness (QED) is 0.699. The van der Waals surface area contributed by atoms with Crippen molar-refractivity contribution >= 4 is 27.7 Å². The first-order chi connectivity index (χ1) is 13.0. The topological polar surface area (TPSA) is 66.5 Å². The van der Waals surface area contributed by atoms with E-state index in [1.807, 2.05) is 11.8 Å². The van der Waals surface area contributed by atoms with E-state index < -0.39 is 10.0 Å². The molecule has 1 heterocycles. The van der Waals surface area contributed by atoms with Gasteiger partial charge in [0.2, 0.25) is 10.0 Å².